The van der Waals surface area contributed by atoms with Gasteiger partial charge in [-0.25, -0.2) is 10.3 Å². The predicted molar refractivity (Wildman–Crippen MR) is 93.7 cm³/mol. The molecular formula is C15H34N5O3S+. The van der Waals surface area contributed by atoms with E-state index in [1.165, 1.54) is 4.31 Å². The SMILES string of the molecule is CC(C)N1CC[N+](O)(CC(C)(C)N2CCN(S(N)(=O)=O)CC2)CC1. The minimum atomic E-state index is -3.60. The molecule has 9 heteroatoms. The molecule has 2 fully saturated rings. The normalized spacial score (nSPS) is 25.3. The molecule has 142 valence electrons. The van der Waals surface area contributed by atoms with E-state index in [1.807, 2.05) is 0 Å². The molecule has 0 amide bonds. The van der Waals surface area contributed by atoms with Gasteiger partial charge in [0.2, 0.25) is 0 Å². The van der Waals surface area contributed by atoms with E-state index in [1.54, 1.807) is 0 Å². The molecule has 0 saturated carbocycles. The van der Waals surface area contributed by atoms with Crippen LogP contribution in [0.5, 0.6) is 0 Å². The Balaban J connectivity index is 1.92. The molecule has 0 aromatic rings. The van der Waals surface area contributed by atoms with Crippen LogP contribution in [0.2, 0.25) is 0 Å². The molecule has 0 aromatic carbocycles. The molecule has 2 saturated heterocycles. The third kappa shape index (κ3) is 4.87. The minimum Gasteiger partial charge on any atom is -0.290 e. The van der Waals surface area contributed by atoms with Crippen LogP contribution in [-0.4, -0.2) is 103 Å². The molecule has 0 unspecified atom stereocenters. The molecule has 2 aliphatic rings. The first-order chi connectivity index (χ1) is 10.9. The van der Waals surface area contributed by atoms with Crippen molar-refractivity contribution >= 4 is 10.2 Å². The van der Waals surface area contributed by atoms with Crippen molar-refractivity contribution in [2.75, 3.05) is 58.9 Å². The number of quaternary nitrogens is 1. The van der Waals surface area contributed by atoms with E-state index in [-0.39, 0.29) is 10.2 Å². The first-order valence-electron chi connectivity index (χ1n) is 8.79. The summed E-state index contributed by atoms with van der Waals surface area (Å²) in [5.74, 6) is 0. The second-order valence-electron chi connectivity index (χ2n) is 8.07. The summed E-state index contributed by atoms with van der Waals surface area (Å²) in [6, 6.07) is 0.512. The highest BCUT2D eigenvalue weighted by Gasteiger charge is 2.42. The Morgan fingerprint density at radius 2 is 1.58 bits per heavy atom. The number of nitrogens with two attached hydrogens (primary N) is 1. The Hall–Kier alpha value is -0.290. The second kappa shape index (κ2) is 7.14. The van der Waals surface area contributed by atoms with Crippen LogP contribution in [0.1, 0.15) is 27.7 Å². The van der Waals surface area contributed by atoms with Crippen LogP contribution < -0.4 is 5.14 Å². The summed E-state index contributed by atoms with van der Waals surface area (Å²) in [6.45, 7) is 14.7. The van der Waals surface area contributed by atoms with Crippen molar-refractivity contribution in [2.45, 2.75) is 39.3 Å². The molecule has 0 aliphatic carbocycles. The van der Waals surface area contributed by atoms with Crippen molar-refractivity contribution in [1.29, 1.82) is 0 Å². The number of rotatable bonds is 5. The fourth-order valence-corrected chi connectivity index (χ4v) is 4.57. The van der Waals surface area contributed by atoms with E-state index in [9.17, 15) is 13.6 Å². The van der Waals surface area contributed by atoms with Gasteiger partial charge in [-0.3, -0.25) is 9.80 Å². The van der Waals surface area contributed by atoms with E-state index >= 15 is 0 Å². The lowest BCUT2D eigenvalue weighted by atomic mass is 9.99. The number of hydroxylamine groups is 3. The third-order valence-corrected chi connectivity index (χ3v) is 6.56. The summed E-state index contributed by atoms with van der Waals surface area (Å²) in [7, 11) is -3.60. The van der Waals surface area contributed by atoms with E-state index in [2.05, 4.69) is 37.5 Å². The van der Waals surface area contributed by atoms with Gasteiger partial charge in [-0.15, -0.1) is 0 Å². The molecule has 0 atom stereocenters. The highest BCUT2D eigenvalue weighted by Crippen LogP contribution is 2.23. The molecule has 2 heterocycles. The zero-order valence-electron chi connectivity index (χ0n) is 15.5. The zero-order chi connectivity index (χ0) is 18.2. The maximum Gasteiger partial charge on any atom is 0.276 e. The minimum absolute atomic E-state index is 0.0889. The van der Waals surface area contributed by atoms with Crippen LogP contribution in [0.4, 0.5) is 0 Å². The molecule has 0 spiro atoms. The molecular weight excluding hydrogens is 330 g/mol. The average molecular weight is 365 g/mol. The van der Waals surface area contributed by atoms with Gasteiger partial charge in [0.15, 0.2) is 0 Å². The molecule has 3 N–H and O–H groups in total. The van der Waals surface area contributed by atoms with Crippen molar-refractivity contribution in [2.24, 2.45) is 5.14 Å². The largest absolute Gasteiger partial charge is 0.290 e. The van der Waals surface area contributed by atoms with Crippen molar-refractivity contribution in [3.8, 4) is 0 Å². The number of hydrogen-bond donors (Lipinski definition) is 2. The molecule has 0 aromatic heterocycles. The van der Waals surface area contributed by atoms with E-state index in [0.717, 1.165) is 26.2 Å². The fourth-order valence-electron chi connectivity index (χ4n) is 3.90. The van der Waals surface area contributed by atoms with E-state index in [4.69, 9.17) is 5.14 Å². The topological polar surface area (TPSA) is 90.1 Å². The monoisotopic (exact) mass is 364 g/mol. The van der Waals surface area contributed by atoms with Crippen LogP contribution in [-0.2, 0) is 10.2 Å². The summed E-state index contributed by atoms with van der Waals surface area (Å²) < 4.78 is 24.3. The number of piperazine rings is 2. The lowest BCUT2D eigenvalue weighted by molar-refractivity contribution is -1.11. The van der Waals surface area contributed by atoms with Gasteiger partial charge in [0.1, 0.15) is 19.6 Å². The van der Waals surface area contributed by atoms with Gasteiger partial charge in [-0.1, -0.05) is 0 Å². The predicted octanol–water partition coefficient (Wildman–Crippen LogP) is -0.484. The molecule has 0 radical (unpaired) electrons. The first kappa shape index (κ1) is 20.0. The molecule has 0 bridgehead atoms. The third-order valence-electron chi connectivity index (χ3n) is 5.47. The van der Waals surface area contributed by atoms with Gasteiger partial charge in [0.25, 0.3) is 10.2 Å². The second-order valence-corrected chi connectivity index (χ2v) is 9.62. The molecule has 8 nitrogen and oxygen atoms in total. The molecule has 24 heavy (non-hydrogen) atoms. The summed E-state index contributed by atoms with van der Waals surface area (Å²) in [5, 5.41) is 16.2. The fraction of sp³-hybridized carbons (Fsp3) is 1.00. The van der Waals surface area contributed by atoms with E-state index in [0.29, 0.717) is 38.8 Å². The van der Waals surface area contributed by atoms with Crippen molar-refractivity contribution < 1.29 is 18.3 Å². The summed E-state index contributed by atoms with van der Waals surface area (Å²) in [5.41, 5.74) is -0.195. The van der Waals surface area contributed by atoms with E-state index < -0.39 is 10.2 Å². The summed E-state index contributed by atoms with van der Waals surface area (Å²) in [4.78, 5) is 4.66. The molecule has 2 rings (SSSR count). The Bertz CT molecular complexity index is 521. The Morgan fingerprint density at radius 1 is 1.08 bits per heavy atom. The van der Waals surface area contributed by atoms with Gasteiger partial charge in [0.05, 0.1) is 18.6 Å². The van der Waals surface area contributed by atoms with Crippen LogP contribution in [0.25, 0.3) is 0 Å². The highest BCUT2D eigenvalue weighted by atomic mass is 32.2. The maximum atomic E-state index is 11.4. The standard InChI is InChI=1S/C15H34N5O3S/c1-14(2)17-9-11-20(21,12-10-17)13-15(3,4)18-5-7-19(8-6-18)24(16,22)23/h14,21H,5-13H2,1-4H3,(H2,16,22,23)/q+1. The summed E-state index contributed by atoms with van der Waals surface area (Å²) in [6.07, 6.45) is 0. The Kier molecular flexibility index (Phi) is 5.96. The van der Waals surface area contributed by atoms with Crippen LogP contribution in [0.3, 0.4) is 0 Å². The number of hydrogen-bond acceptors (Lipinski definition) is 5. The van der Waals surface area contributed by atoms with Crippen molar-refractivity contribution in [3.63, 3.8) is 0 Å². The lowest BCUT2D eigenvalue weighted by Crippen LogP contribution is -2.67. The zero-order valence-corrected chi connectivity index (χ0v) is 16.3. The average Bonchev–Trinajstić information content (AvgIpc) is 2.46. The van der Waals surface area contributed by atoms with Gasteiger partial charge >= 0.3 is 0 Å². The van der Waals surface area contributed by atoms with Crippen LogP contribution in [0, 0.1) is 0 Å². The van der Waals surface area contributed by atoms with Gasteiger partial charge < -0.3 is 0 Å². The quantitative estimate of drug-likeness (QED) is 0.643. The summed E-state index contributed by atoms with van der Waals surface area (Å²) >= 11 is 0. The maximum absolute atomic E-state index is 11.4. The Morgan fingerprint density at radius 3 is 2.00 bits per heavy atom. The van der Waals surface area contributed by atoms with Crippen LogP contribution in [0.15, 0.2) is 0 Å². The van der Waals surface area contributed by atoms with Gasteiger partial charge in [-0.2, -0.15) is 17.4 Å². The van der Waals surface area contributed by atoms with Crippen molar-refractivity contribution in [3.05, 3.63) is 0 Å². The van der Waals surface area contributed by atoms with Gasteiger partial charge in [0, 0.05) is 32.2 Å². The van der Waals surface area contributed by atoms with Gasteiger partial charge in [-0.05, 0) is 27.7 Å². The smallest absolute Gasteiger partial charge is 0.276 e. The first-order valence-corrected chi connectivity index (χ1v) is 10.3. The van der Waals surface area contributed by atoms with Crippen molar-refractivity contribution in [1.82, 2.24) is 14.1 Å². The Labute approximate surface area is 146 Å². The lowest BCUT2D eigenvalue weighted by Gasteiger charge is -2.48. The molecule has 2 aliphatic heterocycles. The highest BCUT2D eigenvalue weighted by molar-refractivity contribution is 7.86. The number of nitrogens with zero attached hydrogens (tertiary/aromatic N) is 4. The van der Waals surface area contributed by atoms with Crippen LogP contribution >= 0.6 is 0 Å².